The minimum Gasteiger partial charge on any atom is -0.455 e. The van der Waals surface area contributed by atoms with Gasteiger partial charge in [-0.15, -0.1) is 0 Å². The zero-order chi connectivity index (χ0) is 32.1. The summed E-state index contributed by atoms with van der Waals surface area (Å²) in [5, 5.41) is 22.2. The standard InChI is InChI=1S/C42H33BNO3/c1-41(2,45)42(3,4)47-43-29-17-18-31-35-24-38(30-15-9-10-16-32(30)40(35)46-39(31)23-29)44-36-21-27-13-7-5-11-25(27)19-33(36)34-20-26-12-6-8-14-28(26)22-37(34)44/h5-24,45H,1-4H3. The smallest absolute Gasteiger partial charge is 0.331 e. The summed E-state index contributed by atoms with van der Waals surface area (Å²) in [4.78, 5) is 0. The van der Waals surface area contributed by atoms with Gasteiger partial charge in [0.15, 0.2) is 0 Å². The Morgan fingerprint density at radius 3 is 1.72 bits per heavy atom. The summed E-state index contributed by atoms with van der Waals surface area (Å²) in [6, 6.07) is 43.6. The number of hydrogen-bond donors (Lipinski definition) is 1. The first-order valence-electron chi connectivity index (χ1n) is 16.1. The van der Waals surface area contributed by atoms with E-state index in [-0.39, 0.29) is 0 Å². The number of hydrogen-bond acceptors (Lipinski definition) is 3. The van der Waals surface area contributed by atoms with Gasteiger partial charge in [-0.1, -0.05) is 84.9 Å². The van der Waals surface area contributed by atoms with Crippen LogP contribution < -0.4 is 5.46 Å². The molecular formula is C42H33BNO3. The van der Waals surface area contributed by atoms with E-state index in [9.17, 15) is 5.11 Å². The van der Waals surface area contributed by atoms with Crippen molar-refractivity contribution in [1.29, 1.82) is 0 Å². The van der Waals surface area contributed by atoms with Gasteiger partial charge in [-0.2, -0.15) is 0 Å². The molecule has 0 saturated heterocycles. The topological polar surface area (TPSA) is 47.5 Å². The first-order valence-corrected chi connectivity index (χ1v) is 16.1. The second-order valence-electron chi connectivity index (χ2n) is 13.7. The van der Waals surface area contributed by atoms with Crippen LogP contribution in [0.25, 0.3) is 81.7 Å². The monoisotopic (exact) mass is 610 g/mol. The molecule has 1 radical (unpaired) electrons. The van der Waals surface area contributed by atoms with Crippen molar-refractivity contribution in [2.75, 3.05) is 0 Å². The molecular weight excluding hydrogens is 577 g/mol. The van der Waals surface area contributed by atoms with Gasteiger partial charge in [0.2, 0.25) is 0 Å². The molecule has 0 aliphatic heterocycles. The Kier molecular flexibility index (Phi) is 5.96. The molecule has 0 spiro atoms. The van der Waals surface area contributed by atoms with Crippen LogP contribution in [0.1, 0.15) is 27.7 Å². The first-order chi connectivity index (χ1) is 22.7. The fourth-order valence-electron chi connectivity index (χ4n) is 6.86. The Balaban J connectivity index is 1.32. The predicted octanol–water partition coefficient (Wildman–Crippen LogP) is 9.95. The van der Waals surface area contributed by atoms with Gasteiger partial charge in [-0.3, -0.25) is 0 Å². The number of rotatable bonds is 5. The molecule has 0 aliphatic rings. The summed E-state index contributed by atoms with van der Waals surface area (Å²) in [7, 11) is 1.71. The maximum absolute atomic E-state index is 10.6. The highest BCUT2D eigenvalue weighted by Gasteiger charge is 2.35. The minimum absolute atomic E-state index is 0.764. The first kappa shape index (κ1) is 28.2. The van der Waals surface area contributed by atoms with Crippen molar-refractivity contribution in [3.8, 4) is 5.69 Å². The third-order valence-electron chi connectivity index (χ3n) is 10.2. The third-order valence-corrected chi connectivity index (χ3v) is 10.2. The van der Waals surface area contributed by atoms with Crippen LogP contribution in [0.4, 0.5) is 0 Å². The van der Waals surface area contributed by atoms with Gasteiger partial charge in [0.25, 0.3) is 0 Å². The third kappa shape index (κ3) is 4.31. The van der Waals surface area contributed by atoms with Crippen molar-refractivity contribution in [2.24, 2.45) is 0 Å². The second-order valence-corrected chi connectivity index (χ2v) is 13.7. The van der Waals surface area contributed by atoms with Crippen molar-refractivity contribution in [1.82, 2.24) is 4.57 Å². The quantitative estimate of drug-likeness (QED) is 0.197. The van der Waals surface area contributed by atoms with Crippen molar-refractivity contribution in [3.05, 3.63) is 121 Å². The molecule has 7 aromatic carbocycles. The SMILES string of the molecule is CC(C)(O)C(C)(C)O[B]c1ccc2c(c1)oc1c3ccccc3c(-n3c4cc5ccccc5cc4c4cc5ccccc5cc43)cc21. The summed E-state index contributed by atoms with van der Waals surface area (Å²) in [5.74, 6) is 0. The number of aromatic nitrogens is 1. The lowest BCUT2D eigenvalue weighted by Crippen LogP contribution is -2.49. The predicted molar refractivity (Wildman–Crippen MR) is 197 cm³/mol. The Morgan fingerprint density at radius 2 is 1.13 bits per heavy atom. The highest BCUT2D eigenvalue weighted by Crippen LogP contribution is 2.42. The second kappa shape index (κ2) is 9.95. The molecule has 0 atom stereocenters. The number of benzene rings is 7. The number of nitrogens with zero attached hydrogens (tertiary/aromatic N) is 1. The van der Waals surface area contributed by atoms with E-state index >= 15 is 0 Å². The van der Waals surface area contributed by atoms with E-state index < -0.39 is 11.2 Å². The molecule has 0 fully saturated rings. The largest absolute Gasteiger partial charge is 0.455 e. The molecule has 227 valence electrons. The molecule has 0 amide bonds. The van der Waals surface area contributed by atoms with Crippen molar-refractivity contribution < 1.29 is 14.2 Å². The normalized spacial score (nSPS) is 12.9. The molecule has 0 aliphatic carbocycles. The van der Waals surface area contributed by atoms with Crippen molar-refractivity contribution in [3.63, 3.8) is 0 Å². The molecule has 2 aromatic heterocycles. The maximum atomic E-state index is 10.6. The molecule has 9 aromatic rings. The summed E-state index contributed by atoms with van der Waals surface area (Å²) in [6.45, 7) is 7.29. The molecule has 4 nitrogen and oxygen atoms in total. The van der Waals surface area contributed by atoms with Crippen LogP contribution in [-0.4, -0.2) is 28.4 Å². The fraction of sp³-hybridized carbons (Fsp3) is 0.143. The molecule has 1 N–H and O–H groups in total. The van der Waals surface area contributed by atoms with Crippen LogP contribution in [0, 0.1) is 0 Å². The van der Waals surface area contributed by atoms with E-state index in [2.05, 4.69) is 114 Å². The number of fused-ring (bicyclic) bond motifs is 10. The van der Waals surface area contributed by atoms with E-state index in [4.69, 9.17) is 9.07 Å². The average Bonchev–Trinajstić information content (AvgIpc) is 3.58. The lowest BCUT2D eigenvalue weighted by atomic mass is 9.82. The Hall–Kier alpha value is -5.10. The summed E-state index contributed by atoms with van der Waals surface area (Å²) >= 11 is 0. The molecule has 0 unspecified atom stereocenters. The molecule has 5 heteroatoms. The molecule has 9 rings (SSSR count). The highest BCUT2D eigenvalue weighted by molar-refractivity contribution is 6.47. The van der Waals surface area contributed by atoms with Gasteiger partial charge < -0.3 is 18.7 Å². The maximum Gasteiger partial charge on any atom is 0.331 e. The minimum atomic E-state index is -1.01. The molecule has 0 saturated carbocycles. The van der Waals surface area contributed by atoms with Gasteiger partial charge >= 0.3 is 7.48 Å². The van der Waals surface area contributed by atoms with Gasteiger partial charge in [-0.25, -0.2) is 0 Å². The Bertz CT molecular complexity index is 2620. The van der Waals surface area contributed by atoms with E-state index in [0.29, 0.717) is 0 Å². The van der Waals surface area contributed by atoms with Crippen LogP contribution in [0.15, 0.2) is 126 Å². The van der Waals surface area contributed by atoms with Gasteiger partial charge in [0.05, 0.1) is 27.9 Å². The van der Waals surface area contributed by atoms with Gasteiger partial charge in [-0.05, 0) is 91.1 Å². The Morgan fingerprint density at radius 1 is 0.574 bits per heavy atom. The van der Waals surface area contributed by atoms with Gasteiger partial charge in [0, 0.05) is 32.3 Å². The lowest BCUT2D eigenvalue weighted by molar-refractivity contribution is -0.0893. The van der Waals surface area contributed by atoms with E-state index in [1.807, 2.05) is 26.0 Å². The molecule has 47 heavy (non-hydrogen) atoms. The van der Waals surface area contributed by atoms with Gasteiger partial charge in [0.1, 0.15) is 11.2 Å². The van der Waals surface area contributed by atoms with Crippen molar-refractivity contribution >= 4 is 89.0 Å². The van der Waals surface area contributed by atoms with Crippen LogP contribution in [-0.2, 0) is 4.65 Å². The summed E-state index contributed by atoms with van der Waals surface area (Å²) in [5.41, 5.74) is 4.23. The zero-order valence-corrected chi connectivity index (χ0v) is 26.8. The zero-order valence-electron chi connectivity index (χ0n) is 26.8. The molecule has 2 heterocycles. The number of aliphatic hydroxyl groups is 1. The lowest BCUT2D eigenvalue weighted by Gasteiger charge is -2.37. The molecule has 0 bridgehead atoms. The van der Waals surface area contributed by atoms with Crippen LogP contribution in [0.3, 0.4) is 0 Å². The summed E-state index contributed by atoms with van der Waals surface area (Å²) < 4.78 is 15.1. The van der Waals surface area contributed by atoms with Crippen LogP contribution in [0.2, 0.25) is 0 Å². The van der Waals surface area contributed by atoms with Crippen LogP contribution >= 0.6 is 0 Å². The Labute approximate surface area is 273 Å². The van der Waals surface area contributed by atoms with E-state index in [1.54, 1.807) is 21.3 Å². The average molecular weight is 611 g/mol. The fourth-order valence-corrected chi connectivity index (χ4v) is 6.86. The van der Waals surface area contributed by atoms with Crippen LogP contribution in [0.5, 0.6) is 0 Å². The van der Waals surface area contributed by atoms with E-state index in [0.717, 1.165) is 43.9 Å². The van der Waals surface area contributed by atoms with Crippen molar-refractivity contribution in [2.45, 2.75) is 38.9 Å². The summed E-state index contributed by atoms with van der Waals surface area (Å²) in [6.07, 6.45) is 0. The number of furan rings is 1. The van der Waals surface area contributed by atoms with E-state index in [1.165, 1.54) is 43.4 Å². The highest BCUT2D eigenvalue weighted by atomic mass is 16.5.